The summed E-state index contributed by atoms with van der Waals surface area (Å²) in [5.74, 6) is 0.593. The molecular formula is C58H40N2. The van der Waals surface area contributed by atoms with Crippen molar-refractivity contribution in [3.05, 3.63) is 236 Å². The molecular weight excluding hydrogens is 725 g/mol. The van der Waals surface area contributed by atoms with Crippen LogP contribution in [-0.2, 0) is 0 Å². The molecule has 0 radical (unpaired) electrons. The van der Waals surface area contributed by atoms with Gasteiger partial charge < -0.3 is 9.47 Å². The third-order valence-corrected chi connectivity index (χ3v) is 12.7. The standard InChI is InChI=1S/C58H40N2/c1-2-18-46(19-3-1)60-55-26-12-24-53(58(55)57-52-23-9-6-15-42(52)32-36-56(57)60)44-17-10-20-48(38-44)59(54-25-11-16-40-13-5-8-22-51(40)54)47-33-29-39(30-34-47)43-31-35-50-45(37-43)28-27-41-14-4-7-21-49(41)50/h1-38,42,52H. The summed E-state index contributed by atoms with van der Waals surface area (Å²) in [5.41, 5.74) is 13.3. The number of allylic oxidation sites excluding steroid dienone is 5. The molecule has 0 saturated carbocycles. The molecule has 282 valence electrons. The van der Waals surface area contributed by atoms with Gasteiger partial charge in [0, 0.05) is 39.7 Å². The molecule has 2 nitrogen and oxygen atoms in total. The number of benzene rings is 9. The van der Waals surface area contributed by atoms with Gasteiger partial charge in [0.05, 0.1) is 16.9 Å². The summed E-state index contributed by atoms with van der Waals surface area (Å²) in [5, 5.41) is 8.84. The zero-order chi connectivity index (χ0) is 39.6. The smallest absolute Gasteiger partial charge is 0.0544 e. The van der Waals surface area contributed by atoms with Gasteiger partial charge in [-0.05, 0) is 115 Å². The quantitative estimate of drug-likeness (QED) is 0.153. The molecule has 12 rings (SSSR count). The number of nitrogens with zero attached hydrogens (tertiary/aromatic N) is 2. The topological polar surface area (TPSA) is 8.17 Å². The molecule has 0 amide bonds. The van der Waals surface area contributed by atoms with Crippen LogP contribution >= 0.6 is 0 Å². The number of anilines is 3. The summed E-state index contributed by atoms with van der Waals surface area (Å²) in [6.45, 7) is 0. The van der Waals surface area contributed by atoms with Gasteiger partial charge in [-0.2, -0.15) is 0 Å². The minimum Gasteiger partial charge on any atom is -0.310 e. The SMILES string of the molecule is C1=CC2C=Cc3c(c4c(-c5cccc(N(c6ccc(-c7ccc8c(ccc9ccccc98)c7)cc6)c6cccc7ccccc67)c5)cccc4n3-c3ccccc3)C2C=C1. The molecule has 60 heavy (non-hydrogen) atoms. The molecule has 0 bridgehead atoms. The Hall–Kier alpha value is -7.68. The van der Waals surface area contributed by atoms with E-state index < -0.39 is 0 Å². The summed E-state index contributed by atoms with van der Waals surface area (Å²) in [6.07, 6.45) is 13.9. The molecule has 2 aliphatic rings. The first kappa shape index (κ1) is 34.4. The minimum absolute atomic E-state index is 0.263. The van der Waals surface area contributed by atoms with Crippen molar-refractivity contribution in [2.24, 2.45) is 5.92 Å². The number of para-hydroxylation sites is 1. The van der Waals surface area contributed by atoms with E-state index in [1.165, 1.54) is 82.4 Å². The van der Waals surface area contributed by atoms with Crippen molar-refractivity contribution in [2.75, 3.05) is 4.90 Å². The maximum absolute atomic E-state index is 2.46. The van der Waals surface area contributed by atoms with E-state index in [9.17, 15) is 0 Å². The zero-order valence-electron chi connectivity index (χ0n) is 33.0. The maximum Gasteiger partial charge on any atom is 0.0544 e. The first-order chi connectivity index (χ1) is 29.8. The molecule has 2 aliphatic carbocycles. The van der Waals surface area contributed by atoms with Crippen molar-refractivity contribution in [3.63, 3.8) is 0 Å². The summed E-state index contributed by atoms with van der Waals surface area (Å²) in [4.78, 5) is 2.43. The summed E-state index contributed by atoms with van der Waals surface area (Å²) < 4.78 is 2.46. The fourth-order valence-corrected chi connectivity index (χ4v) is 9.92. The van der Waals surface area contributed by atoms with E-state index in [1.54, 1.807) is 0 Å². The van der Waals surface area contributed by atoms with E-state index in [0.29, 0.717) is 5.92 Å². The largest absolute Gasteiger partial charge is 0.310 e. The fraction of sp³-hybridized carbons (Fsp3) is 0.0345. The van der Waals surface area contributed by atoms with Crippen LogP contribution in [0.25, 0.3) is 77.2 Å². The van der Waals surface area contributed by atoms with Gasteiger partial charge in [-0.15, -0.1) is 0 Å². The van der Waals surface area contributed by atoms with E-state index >= 15 is 0 Å². The zero-order valence-corrected chi connectivity index (χ0v) is 33.0. The molecule has 2 unspecified atom stereocenters. The Bertz CT molecular complexity index is 3380. The highest BCUT2D eigenvalue weighted by atomic mass is 15.1. The minimum atomic E-state index is 0.263. The van der Waals surface area contributed by atoms with Crippen LogP contribution in [0.15, 0.2) is 225 Å². The first-order valence-corrected chi connectivity index (χ1v) is 20.9. The average Bonchev–Trinajstić information content (AvgIpc) is 3.67. The second-order valence-electron chi connectivity index (χ2n) is 16.1. The lowest BCUT2D eigenvalue weighted by atomic mass is 9.77. The molecule has 0 fully saturated rings. The Kier molecular flexibility index (Phi) is 8.02. The summed E-state index contributed by atoms with van der Waals surface area (Å²) in [7, 11) is 0. The van der Waals surface area contributed by atoms with Crippen molar-refractivity contribution in [2.45, 2.75) is 5.92 Å². The lowest BCUT2D eigenvalue weighted by molar-refractivity contribution is 0.693. The molecule has 1 heterocycles. The van der Waals surface area contributed by atoms with Crippen LogP contribution in [0.5, 0.6) is 0 Å². The van der Waals surface area contributed by atoms with Crippen LogP contribution in [0.3, 0.4) is 0 Å². The Labute approximate surface area is 349 Å². The Morgan fingerprint density at radius 1 is 0.433 bits per heavy atom. The van der Waals surface area contributed by atoms with Gasteiger partial charge >= 0.3 is 0 Å². The molecule has 9 aromatic carbocycles. The molecule has 2 heteroatoms. The maximum atomic E-state index is 2.46. The molecule has 1 aromatic heterocycles. The van der Waals surface area contributed by atoms with Crippen molar-refractivity contribution in [1.29, 1.82) is 0 Å². The number of fused-ring (bicyclic) bond motifs is 9. The fourth-order valence-electron chi connectivity index (χ4n) is 9.92. The van der Waals surface area contributed by atoms with Crippen LogP contribution in [0, 0.1) is 5.92 Å². The Balaban J connectivity index is 1.01. The van der Waals surface area contributed by atoms with Gasteiger partial charge in [-0.1, -0.05) is 170 Å². The number of hydrogen-bond donors (Lipinski definition) is 0. The highest BCUT2D eigenvalue weighted by Gasteiger charge is 2.31. The van der Waals surface area contributed by atoms with Gasteiger partial charge in [0.25, 0.3) is 0 Å². The van der Waals surface area contributed by atoms with E-state index in [1.807, 2.05) is 0 Å². The van der Waals surface area contributed by atoms with Crippen molar-refractivity contribution in [3.8, 4) is 27.9 Å². The third kappa shape index (κ3) is 5.56. The van der Waals surface area contributed by atoms with Crippen LogP contribution in [-0.4, -0.2) is 4.57 Å². The lowest BCUT2D eigenvalue weighted by Crippen LogP contribution is -2.14. The molecule has 0 N–H and O–H groups in total. The van der Waals surface area contributed by atoms with Crippen molar-refractivity contribution < 1.29 is 0 Å². The van der Waals surface area contributed by atoms with E-state index in [0.717, 1.165) is 17.1 Å². The second kappa shape index (κ2) is 14.0. The molecule has 0 spiro atoms. The van der Waals surface area contributed by atoms with Crippen LogP contribution < -0.4 is 4.90 Å². The van der Waals surface area contributed by atoms with Crippen LogP contribution in [0.2, 0.25) is 0 Å². The summed E-state index contributed by atoms with van der Waals surface area (Å²) in [6, 6.07) is 71.2. The van der Waals surface area contributed by atoms with Crippen LogP contribution in [0.4, 0.5) is 17.1 Å². The van der Waals surface area contributed by atoms with E-state index in [2.05, 4.69) is 240 Å². The second-order valence-corrected chi connectivity index (χ2v) is 16.1. The number of aromatic nitrogens is 1. The Morgan fingerprint density at radius 2 is 1.13 bits per heavy atom. The van der Waals surface area contributed by atoms with Crippen molar-refractivity contribution in [1.82, 2.24) is 4.57 Å². The van der Waals surface area contributed by atoms with Crippen LogP contribution in [0.1, 0.15) is 17.2 Å². The highest BCUT2D eigenvalue weighted by molar-refractivity contribution is 6.09. The number of rotatable bonds is 6. The molecule has 2 atom stereocenters. The predicted molar refractivity (Wildman–Crippen MR) is 255 cm³/mol. The monoisotopic (exact) mass is 764 g/mol. The normalized spacial score (nSPS) is 15.5. The molecule has 0 aliphatic heterocycles. The highest BCUT2D eigenvalue weighted by Crippen LogP contribution is 2.48. The van der Waals surface area contributed by atoms with Gasteiger partial charge in [-0.3, -0.25) is 0 Å². The Morgan fingerprint density at radius 3 is 2.02 bits per heavy atom. The first-order valence-electron chi connectivity index (χ1n) is 20.9. The van der Waals surface area contributed by atoms with Gasteiger partial charge in [0.1, 0.15) is 0 Å². The lowest BCUT2D eigenvalue weighted by Gasteiger charge is -2.28. The summed E-state index contributed by atoms with van der Waals surface area (Å²) >= 11 is 0. The van der Waals surface area contributed by atoms with Crippen molar-refractivity contribution >= 4 is 66.4 Å². The van der Waals surface area contributed by atoms with E-state index in [4.69, 9.17) is 0 Å². The van der Waals surface area contributed by atoms with Gasteiger partial charge in [0.15, 0.2) is 0 Å². The average molecular weight is 765 g/mol. The van der Waals surface area contributed by atoms with Gasteiger partial charge in [0.2, 0.25) is 0 Å². The molecule has 10 aromatic rings. The van der Waals surface area contributed by atoms with E-state index in [-0.39, 0.29) is 5.92 Å². The van der Waals surface area contributed by atoms with Gasteiger partial charge in [-0.25, -0.2) is 0 Å². The predicted octanol–water partition coefficient (Wildman–Crippen LogP) is 15.7. The number of hydrogen-bond acceptors (Lipinski definition) is 1. The third-order valence-electron chi connectivity index (χ3n) is 12.7. The molecule has 0 saturated heterocycles.